The van der Waals surface area contributed by atoms with E-state index >= 15 is 0 Å². The highest BCUT2D eigenvalue weighted by Crippen LogP contribution is 2.23. The number of hydrogen-bond donors (Lipinski definition) is 1. The zero-order valence-electron chi connectivity index (χ0n) is 15.7. The zero-order chi connectivity index (χ0) is 17.5. The number of hydrogen-bond acceptors (Lipinski definition) is 2. The van der Waals surface area contributed by atoms with Crippen LogP contribution in [0.1, 0.15) is 83.1 Å². The van der Waals surface area contributed by atoms with E-state index in [1.807, 2.05) is 12.1 Å². The molecule has 136 valence electrons. The molecule has 1 N–H and O–H groups in total. The molecular formula is C22H36O2. The second-order valence-electron chi connectivity index (χ2n) is 6.67. The molecule has 0 spiro atoms. The minimum absolute atomic E-state index is 0.299. The van der Waals surface area contributed by atoms with Gasteiger partial charge in [0, 0.05) is 6.07 Å². The van der Waals surface area contributed by atoms with Gasteiger partial charge in [-0.2, -0.15) is 0 Å². The van der Waals surface area contributed by atoms with Crippen molar-refractivity contribution in [3.05, 3.63) is 35.9 Å². The van der Waals surface area contributed by atoms with E-state index in [1.54, 1.807) is 13.2 Å². The van der Waals surface area contributed by atoms with Gasteiger partial charge >= 0.3 is 0 Å². The summed E-state index contributed by atoms with van der Waals surface area (Å²) in [6.07, 6.45) is 20.1. The first-order valence-corrected chi connectivity index (χ1v) is 9.78. The number of phenols is 1. The lowest BCUT2D eigenvalue weighted by Crippen LogP contribution is -1.89. The summed E-state index contributed by atoms with van der Waals surface area (Å²) in [6.45, 7) is 2.24. The van der Waals surface area contributed by atoms with E-state index in [2.05, 4.69) is 19.1 Å². The molecule has 1 rings (SSSR count). The van der Waals surface area contributed by atoms with Gasteiger partial charge < -0.3 is 9.84 Å². The van der Waals surface area contributed by atoms with Gasteiger partial charge in [0.25, 0.3) is 0 Å². The summed E-state index contributed by atoms with van der Waals surface area (Å²) in [6, 6.07) is 5.52. The largest absolute Gasteiger partial charge is 0.508 e. The fraction of sp³-hybridized carbons (Fsp3) is 0.636. The topological polar surface area (TPSA) is 29.5 Å². The van der Waals surface area contributed by atoms with Crippen molar-refractivity contribution in [2.24, 2.45) is 0 Å². The van der Waals surface area contributed by atoms with Crippen LogP contribution in [0.2, 0.25) is 0 Å². The molecule has 0 amide bonds. The van der Waals surface area contributed by atoms with Gasteiger partial charge in [0.1, 0.15) is 11.5 Å². The molecule has 0 bridgehead atoms. The van der Waals surface area contributed by atoms with Crippen molar-refractivity contribution >= 4 is 0 Å². The second-order valence-corrected chi connectivity index (χ2v) is 6.67. The molecule has 2 heteroatoms. The minimum atomic E-state index is 0.299. The molecule has 0 aromatic heterocycles. The molecule has 0 unspecified atom stereocenters. The number of unbranched alkanes of at least 4 members (excludes halogenated alkanes) is 9. The smallest absolute Gasteiger partial charge is 0.122 e. The average molecular weight is 333 g/mol. The van der Waals surface area contributed by atoms with E-state index in [4.69, 9.17) is 4.74 Å². The summed E-state index contributed by atoms with van der Waals surface area (Å²) in [4.78, 5) is 0. The number of allylic oxidation sites excluding steroid dienone is 2. The molecule has 2 nitrogen and oxygen atoms in total. The van der Waals surface area contributed by atoms with E-state index in [0.29, 0.717) is 5.75 Å². The number of ether oxygens (including phenoxy) is 1. The molecule has 0 aliphatic carbocycles. The Bertz CT molecular complexity index is 451. The van der Waals surface area contributed by atoms with Crippen molar-refractivity contribution in [1.29, 1.82) is 0 Å². The van der Waals surface area contributed by atoms with E-state index in [-0.39, 0.29) is 0 Å². The quantitative estimate of drug-likeness (QED) is 0.299. The van der Waals surface area contributed by atoms with Crippen molar-refractivity contribution in [3.8, 4) is 11.5 Å². The van der Waals surface area contributed by atoms with Crippen LogP contribution in [0.5, 0.6) is 11.5 Å². The van der Waals surface area contributed by atoms with Crippen LogP contribution < -0.4 is 4.74 Å². The molecular weight excluding hydrogens is 296 g/mol. The highest BCUT2D eigenvalue weighted by atomic mass is 16.5. The summed E-state index contributed by atoms with van der Waals surface area (Å²) < 4.78 is 5.19. The lowest BCUT2D eigenvalue weighted by atomic mass is 10.0. The van der Waals surface area contributed by atoms with Gasteiger partial charge in [0.2, 0.25) is 0 Å². The van der Waals surface area contributed by atoms with Crippen LogP contribution in [-0.4, -0.2) is 12.2 Å². The number of aryl methyl sites for hydroxylation is 1. The van der Waals surface area contributed by atoms with Crippen LogP contribution in [0.3, 0.4) is 0 Å². The minimum Gasteiger partial charge on any atom is -0.508 e. The lowest BCUT2D eigenvalue weighted by Gasteiger charge is -2.06. The van der Waals surface area contributed by atoms with Crippen molar-refractivity contribution in [2.75, 3.05) is 7.11 Å². The van der Waals surface area contributed by atoms with Gasteiger partial charge in [-0.25, -0.2) is 0 Å². The highest BCUT2D eigenvalue weighted by molar-refractivity contribution is 5.37. The van der Waals surface area contributed by atoms with Crippen LogP contribution >= 0.6 is 0 Å². The van der Waals surface area contributed by atoms with Crippen molar-refractivity contribution < 1.29 is 9.84 Å². The Hall–Kier alpha value is -1.44. The predicted octanol–water partition coefficient (Wildman–Crippen LogP) is 6.81. The molecule has 0 aliphatic heterocycles. The first kappa shape index (κ1) is 20.6. The Morgan fingerprint density at radius 3 is 2.12 bits per heavy atom. The average Bonchev–Trinajstić information content (AvgIpc) is 2.58. The van der Waals surface area contributed by atoms with Crippen LogP contribution in [0.15, 0.2) is 30.4 Å². The summed E-state index contributed by atoms with van der Waals surface area (Å²) >= 11 is 0. The molecule has 1 aromatic rings. The summed E-state index contributed by atoms with van der Waals surface area (Å²) in [7, 11) is 1.64. The van der Waals surface area contributed by atoms with Crippen LogP contribution in [0.25, 0.3) is 0 Å². The zero-order valence-corrected chi connectivity index (χ0v) is 15.7. The maximum atomic E-state index is 9.64. The third-order valence-electron chi connectivity index (χ3n) is 4.41. The number of benzene rings is 1. The third kappa shape index (κ3) is 10.4. The van der Waals surface area contributed by atoms with E-state index < -0.39 is 0 Å². The molecule has 0 saturated heterocycles. The highest BCUT2D eigenvalue weighted by Gasteiger charge is 2.00. The first-order valence-electron chi connectivity index (χ1n) is 9.78. The summed E-state index contributed by atoms with van der Waals surface area (Å²) in [5, 5.41) is 9.64. The molecule has 0 radical (unpaired) electrons. The van der Waals surface area contributed by atoms with Gasteiger partial charge in [-0.05, 0) is 49.8 Å². The molecule has 0 aliphatic rings. The van der Waals surface area contributed by atoms with Crippen LogP contribution in [-0.2, 0) is 6.42 Å². The lowest BCUT2D eigenvalue weighted by molar-refractivity contribution is 0.406. The van der Waals surface area contributed by atoms with Gasteiger partial charge in [0.15, 0.2) is 0 Å². The number of rotatable bonds is 14. The van der Waals surface area contributed by atoms with Gasteiger partial charge in [-0.15, -0.1) is 0 Å². The van der Waals surface area contributed by atoms with Gasteiger partial charge in [0.05, 0.1) is 7.11 Å². The number of methoxy groups -OCH3 is 1. The Morgan fingerprint density at radius 2 is 1.46 bits per heavy atom. The molecule has 0 saturated carbocycles. The summed E-state index contributed by atoms with van der Waals surface area (Å²) in [5.74, 6) is 1.04. The molecule has 0 heterocycles. The van der Waals surface area contributed by atoms with Crippen LogP contribution in [0, 0.1) is 0 Å². The monoisotopic (exact) mass is 332 g/mol. The first-order chi connectivity index (χ1) is 11.8. The standard InChI is InChI=1S/C22H36O2/c1-3-4-5-6-7-8-9-10-11-12-13-14-15-16-20-17-21(23)19-22(18-20)24-2/h6-7,17-19,23H,3-5,8-16H2,1-2H3. The van der Waals surface area contributed by atoms with Crippen LogP contribution in [0.4, 0.5) is 0 Å². The SMILES string of the molecule is CCCCC=CCCCCCCCCCc1cc(O)cc(OC)c1. The maximum absolute atomic E-state index is 9.64. The second kappa shape index (κ2) is 13.9. The number of phenolic OH excluding ortho intramolecular Hbond substituents is 1. The normalized spacial score (nSPS) is 11.2. The molecule has 0 atom stereocenters. The van der Waals surface area contributed by atoms with Crippen molar-refractivity contribution in [2.45, 2.75) is 84.0 Å². The Balaban J connectivity index is 1.95. The fourth-order valence-electron chi connectivity index (χ4n) is 2.94. The van der Waals surface area contributed by atoms with E-state index in [0.717, 1.165) is 12.2 Å². The molecule has 0 fully saturated rings. The Morgan fingerprint density at radius 1 is 0.833 bits per heavy atom. The predicted molar refractivity (Wildman–Crippen MR) is 104 cm³/mol. The van der Waals surface area contributed by atoms with Crippen molar-refractivity contribution in [3.63, 3.8) is 0 Å². The van der Waals surface area contributed by atoms with Gasteiger partial charge in [-0.3, -0.25) is 0 Å². The summed E-state index contributed by atoms with van der Waals surface area (Å²) in [5.41, 5.74) is 1.17. The molecule has 24 heavy (non-hydrogen) atoms. The molecule has 1 aromatic carbocycles. The van der Waals surface area contributed by atoms with Crippen molar-refractivity contribution in [1.82, 2.24) is 0 Å². The number of aromatic hydroxyl groups is 1. The third-order valence-corrected chi connectivity index (χ3v) is 4.41. The van der Waals surface area contributed by atoms with Gasteiger partial charge in [-0.1, -0.05) is 64.0 Å². The fourth-order valence-corrected chi connectivity index (χ4v) is 2.94. The Kier molecular flexibility index (Phi) is 12.0. The van der Waals surface area contributed by atoms with E-state index in [1.165, 1.54) is 76.2 Å². The maximum Gasteiger partial charge on any atom is 0.122 e. The van der Waals surface area contributed by atoms with E-state index in [9.17, 15) is 5.11 Å². The Labute approximate surface area is 148 Å².